The maximum absolute atomic E-state index is 12.5. The zero-order chi connectivity index (χ0) is 17.4. The van der Waals surface area contributed by atoms with Gasteiger partial charge in [0.15, 0.2) is 9.84 Å². The zero-order valence-electron chi connectivity index (χ0n) is 14.5. The maximum atomic E-state index is 12.5. The Morgan fingerprint density at radius 3 is 2.58 bits per heavy atom. The van der Waals surface area contributed by atoms with Crippen LogP contribution >= 0.6 is 0 Å². The second-order valence-corrected chi connectivity index (χ2v) is 9.58. The second-order valence-electron chi connectivity index (χ2n) is 7.52. The summed E-state index contributed by atoms with van der Waals surface area (Å²) in [5.74, 6) is 0.280. The van der Waals surface area contributed by atoms with Crippen LogP contribution in [0.3, 0.4) is 0 Å². The number of sulfone groups is 1. The van der Waals surface area contributed by atoms with Gasteiger partial charge in [-0.2, -0.15) is 10.2 Å². The summed E-state index contributed by atoms with van der Waals surface area (Å²) in [5.41, 5.74) is 0.300. The van der Waals surface area contributed by atoms with E-state index in [9.17, 15) is 8.42 Å². The lowest BCUT2D eigenvalue weighted by molar-refractivity contribution is 0.345. The standard InChI is InChI=1S/C16H25N5O2S/c1-16(2,3)21-15(17-12-18-21)11-24(22,23)10-13-8-9-20(19-13)14-6-4-5-7-14/h8-9,12,14H,4-7,10-11H2,1-3H3. The fraction of sp³-hybridized carbons (Fsp3) is 0.688. The molecule has 7 nitrogen and oxygen atoms in total. The first-order valence-corrected chi connectivity index (χ1v) is 10.2. The van der Waals surface area contributed by atoms with Crippen LogP contribution in [0.4, 0.5) is 0 Å². The summed E-state index contributed by atoms with van der Waals surface area (Å²) < 4.78 is 28.7. The monoisotopic (exact) mass is 351 g/mol. The SMILES string of the molecule is CC(C)(C)n1ncnc1CS(=O)(=O)Cc1ccn(C2CCCC2)n1. The Bertz CT molecular complexity index is 795. The van der Waals surface area contributed by atoms with Gasteiger partial charge >= 0.3 is 0 Å². The summed E-state index contributed by atoms with van der Waals surface area (Å²) in [4.78, 5) is 4.12. The quantitative estimate of drug-likeness (QED) is 0.826. The fourth-order valence-corrected chi connectivity index (χ4v) is 4.52. The van der Waals surface area contributed by atoms with Gasteiger partial charge < -0.3 is 0 Å². The smallest absolute Gasteiger partial charge is 0.163 e. The second kappa shape index (κ2) is 6.31. The summed E-state index contributed by atoms with van der Waals surface area (Å²) in [5, 5.41) is 8.63. The number of rotatable bonds is 5. The van der Waals surface area contributed by atoms with E-state index in [4.69, 9.17) is 0 Å². The number of hydrogen-bond acceptors (Lipinski definition) is 5. The Morgan fingerprint density at radius 2 is 1.92 bits per heavy atom. The molecule has 24 heavy (non-hydrogen) atoms. The molecule has 0 amide bonds. The Labute approximate surface area is 143 Å². The molecule has 1 saturated carbocycles. The summed E-state index contributed by atoms with van der Waals surface area (Å²) in [7, 11) is -3.35. The number of hydrogen-bond donors (Lipinski definition) is 0. The van der Waals surface area contributed by atoms with Gasteiger partial charge in [-0.1, -0.05) is 12.8 Å². The van der Waals surface area contributed by atoms with E-state index in [2.05, 4.69) is 15.2 Å². The topological polar surface area (TPSA) is 82.7 Å². The van der Waals surface area contributed by atoms with E-state index in [1.165, 1.54) is 19.2 Å². The van der Waals surface area contributed by atoms with Gasteiger partial charge in [0.25, 0.3) is 0 Å². The molecule has 2 heterocycles. The Hall–Kier alpha value is -1.70. The van der Waals surface area contributed by atoms with Gasteiger partial charge in [-0.15, -0.1) is 0 Å². The molecule has 0 aromatic carbocycles. The molecular weight excluding hydrogens is 326 g/mol. The van der Waals surface area contributed by atoms with Crippen LogP contribution < -0.4 is 0 Å². The van der Waals surface area contributed by atoms with Crippen molar-refractivity contribution in [3.63, 3.8) is 0 Å². The van der Waals surface area contributed by atoms with Gasteiger partial charge in [0, 0.05) is 6.20 Å². The summed E-state index contributed by atoms with van der Waals surface area (Å²) in [6.07, 6.45) is 8.01. The molecule has 0 N–H and O–H groups in total. The Balaban J connectivity index is 1.72. The lowest BCUT2D eigenvalue weighted by Crippen LogP contribution is -2.27. The van der Waals surface area contributed by atoms with E-state index in [1.54, 1.807) is 4.68 Å². The van der Waals surface area contributed by atoms with Crippen molar-refractivity contribution in [2.24, 2.45) is 0 Å². The molecule has 0 saturated heterocycles. The van der Waals surface area contributed by atoms with Gasteiger partial charge in [-0.25, -0.2) is 18.1 Å². The molecule has 132 valence electrons. The molecule has 0 bridgehead atoms. The van der Waals surface area contributed by atoms with Crippen LogP contribution in [0.25, 0.3) is 0 Å². The first-order valence-electron chi connectivity index (χ1n) is 8.38. The van der Waals surface area contributed by atoms with Crippen LogP contribution in [0.15, 0.2) is 18.6 Å². The van der Waals surface area contributed by atoms with Gasteiger partial charge in [0.05, 0.1) is 23.0 Å². The van der Waals surface area contributed by atoms with Crippen LogP contribution in [-0.2, 0) is 26.9 Å². The number of nitrogens with zero attached hydrogens (tertiary/aromatic N) is 5. The predicted octanol–water partition coefficient (Wildman–Crippen LogP) is 2.46. The third-order valence-electron chi connectivity index (χ3n) is 4.33. The van der Waals surface area contributed by atoms with Crippen LogP contribution in [0.1, 0.15) is 64.0 Å². The van der Waals surface area contributed by atoms with Gasteiger partial charge in [-0.3, -0.25) is 4.68 Å². The molecule has 8 heteroatoms. The van der Waals surface area contributed by atoms with Gasteiger partial charge in [0.2, 0.25) is 0 Å². The van der Waals surface area contributed by atoms with E-state index in [-0.39, 0.29) is 17.0 Å². The lowest BCUT2D eigenvalue weighted by Gasteiger charge is -2.21. The highest BCUT2D eigenvalue weighted by molar-refractivity contribution is 7.89. The van der Waals surface area contributed by atoms with E-state index < -0.39 is 9.84 Å². The minimum absolute atomic E-state index is 0.0658. The van der Waals surface area contributed by atoms with Crippen molar-refractivity contribution in [2.45, 2.75) is 69.5 Å². The molecule has 0 unspecified atom stereocenters. The van der Waals surface area contributed by atoms with Gasteiger partial charge in [-0.05, 0) is 39.7 Å². The predicted molar refractivity (Wildman–Crippen MR) is 91.1 cm³/mol. The fourth-order valence-electron chi connectivity index (χ4n) is 3.22. The highest BCUT2D eigenvalue weighted by Crippen LogP contribution is 2.29. The Kier molecular flexibility index (Phi) is 4.50. The lowest BCUT2D eigenvalue weighted by atomic mass is 10.1. The highest BCUT2D eigenvalue weighted by Gasteiger charge is 2.24. The van der Waals surface area contributed by atoms with Crippen LogP contribution in [-0.4, -0.2) is 33.0 Å². The Morgan fingerprint density at radius 1 is 1.21 bits per heavy atom. The summed E-state index contributed by atoms with van der Waals surface area (Å²) in [6.45, 7) is 5.92. The zero-order valence-corrected chi connectivity index (χ0v) is 15.3. The maximum Gasteiger partial charge on any atom is 0.163 e. The van der Waals surface area contributed by atoms with Crippen molar-refractivity contribution < 1.29 is 8.42 Å². The first kappa shape index (κ1) is 17.1. The van der Waals surface area contributed by atoms with E-state index in [1.807, 2.05) is 37.7 Å². The average Bonchev–Trinajstić information content (AvgIpc) is 3.15. The first-order chi connectivity index (χ1) is 11.2. The largest absolute Gasteiger partial charge is 0.269 e. The molecule has 0 radical (unpaired) electrons. The molecule has 2 aromatic heterocycles. The molecule has 0 atom stereocenters. The molecular formula is C16H25N5O2S. The normalized spacial score (nSPS) is 16.8. The van der Waals surface area contributed by atoms with Crippen molar-refractivity contribution in [1.29, 1.82) is 0 Å². The summed E-state index contributed by atoms with van der Waals surface area (Å²) in [6, 6.07) is 2.23. The van der Waals surface area contributed by atoms with Crippen molar-refractivity contribution in [3.05, 3.63) is 30.1 Å². The van der Waals surface area contributed by atoms with E-state index in [0.29, 0.717) is 17.6 Å². The average molecular weight is 351 g/mol. The molecule has 0 spiro atoms. The highest BCUT2D eigenvalue weighted by atomic mass is 32.2. The third-order valence-corrected chi connectivity index (χ3v) is 5.77. The summed E-state index contributed by atoms with van der Waals surface area (Å²) >= 11 is 0. The van der Waals surface area contributed by atoms with Crippen molar-refractivity contribution in [3.8, 4) is 0 Å². The van der Waals surface area contributed by atoms with E-state index in [0.717, 1.165) is 12.8 Å². The minimum atomic E-state index is -3.35. The molecule has 2 aromatic rings. The molecule has 1 aliphatic carbocycles. The van der Waals surface area contributed by atoms with Gasteiger partial charge in [0.1, 0.15) is 17.9 Å². The molecule has 3 rings (SSSR count). The van der Waals surface area contributed by atoms with Crippen molar-refractivity contribution in [1.82, 2.24) is 24.5 Å². The van der Waals surface area contributed by atoms with Crippen LogP contribution in [0.2, 0.25) is 0 Å². The molecule has 1 fully saturated rings. The van der Waals surface area contributed by atoms with Crippen LogP contribution in [0.5, 0.6) is 0 Å². The van der Waals surface area contributed by atoms with Crippen molar-refractivity contribution >= 4 is 9.84 Å². The van der Waals surface area contributed by atoms with Crippen LogP contribution in [0, 0.1) is 0 Å². The third kappa shape index (κ3) is 3.85. The van der Waals surface area contributed by atoms with E-state index >= 15 is 0 Å². The molecule has 0 aliphatic heterocycles. The minimum Gasteiger partial charge on any atom is -0.269 e. The van der Waals surface area contributed by atoms with Crippen molar-refractivity contribution in [2.75, 3.05) is 0 Å². The number of aromatic nitrogens is 5. The molecule has 1 aliphatic rings.